The molecular formula is C14H22N2O. The second-order valence-electron chi connectivity index (χ2n) is 5.10. The van der Waals surface area contributed by atoms with Crippen LogP contribution in [0.25, 0.3) is 0 Å². The first-order valence-electron chi connectivity index (χ1n) is 6.54. The number of ether oxygens (including phenoxy) is 1. The lowest BCUT2D eigenvalue weighted by molar-refractivity contribution is 0.206. The molecule has 0 aliphatic heterocycles. The van der Waals surface area contributed by atoms with Crippen molar-refractivity contribution in [3.63, 3.8) is 0 Å². The molecule has 1 unspecified atom stereocenters. The number of aromatic nitrogens is 1. The van der Waals surface area contributed by atoms with Gasteiger partial charge < -0.3 is 10.5 Å². The van der Waals surface area contributed by atoms with E-state index in [1.54, 1.807) is 0 Å². The van der Waals surface area contributed by atoms with Crippen LogP contribution in [-0.2, 0) is 6.42 Å². The van der Waals surface area contributed by atoms with Gasteiger partial charge in [0.1, 0.15) is 5.75 Å². The van der Waals surface area contributed by atoms with E-state index in [1.165, 1.54) is 25.7 Å². The smallest absolute Gasteiger partial charge is 0.141 e. The Balaban J connectivity index is 2.13. The molecule has 0 bridgehead atoms. The summed E-state index contributed by atoms with van der Waals surface area (Å²) in [7, 11) is 0. The molecule has 1 aromatic rings. The van der Waals surface area contributed by atoms with Crippen LogP contribution in [0.5, 0.6) is 5.75 Å². The number of pyridine rings is 1. The summed E-state index contributed by atoms with van der Waals surface area (Å²) in [6.45, 7) is 4.01. The maximum absolute atomic E-state index is 6.04. The fourth-order valence-electron chi connectivity index (χ4n) is 2.34. The van der Waals surface area contributed by atoms with E-state index in [-0.39, 0.29) is 6.04 Å². The van der Waals surface area contributed by atoms with Gasteiger partial charge in [-0.1, -0.05) is 0 Å². The summed E-state index contributed by atoms with van der Waals surface area (Å²) in [4.78, 5) is 4.55. The van der Waals surface area contributed by atoms with Crippen LogP contribution >= 0.6 is 0 Å². The monoisotopic (exact) mass is 234 g/mol. The van der Waals surface area contributed by atoms with Gasteiger partial charge in [0.2, 0.25) is 0 Å². The summed E-state index contributed by atoms with van der Waals surface area (Å²) in [6.07, 6.45) is 6.08. The third-order valence-corrected chi connectivity index (χ3v) is 3.18. The molecule has 1 heterocycles. The standard InChI is InChI=1S/C14H22N2O/c1-10(15)9-13-14(8-7-11(2)16-13)17-12-5-3-4-6-12/h7-8,10,12H,3-6,9,15H2,1-2H3. The number of hydrogen-bond acceptors (Lipinski definition) is 3. The van der Waals surface area contributed by atoms with Crippen LogP contribution in [0.1, 0.15) is 44.0 Å². The molecule has 1 fully saturated rings. The van der Waals surface area contributed by atoms with Gasteiger partial charge >= 0.3 is 0 Å². The van der Waals surface area contributed by atoms with Crippen LogP contribution in [0.3, 0.4) is 0 Å². The van der Waals surface area contributed by atoms with Gasteiger partial charge in [-0.15, -0.1) is 0 Å². The Bertz CT molecular complexity index is 370. The highest BCUT2D eigenvalue weighted by atomic mass is 16.5. The molecular weight excluding hydrogens is 212 g/mol. The van der Waals surface area contributed by atoms with Crippen molar-refractivity contribution in [1.29, 1.82) is 0 Å². The summed E-state index contributed by atoms with van der Waals surface area (Å²) in [5.41, 5.74) is 7.89. The zero-order chi connectivity index (χ0) is 12.3. The highest BCUT2D eigenvalue weighted by molar-refractivity contribution is 5.30. The SMILES string of the molecule is Cc1ccc(OC2CCCC2)c(CC(C)N)n1. The molecule has 2 rings (SSSR count). The van der Waals surface area contributed by atoms with E-state index in [1.807, 2.05) is 26.0 Å². The minimum Gasteiger partial charge on any atom is -0.489 e. The third kappa shape index (κ3) is 3.43. The Labute approximate surface area is 103 Å². The molecule has 17 heavy (non-hydrogen) atoms. The Morgan fingerprint density at radius 2 is 2.12 bits per heavy atom. The van der Waals surface area contributed by atoms with E-state index in [0.717, 1.165) is 23.6 Å². The summed E-state index contributed by atoms with van der Waals surface area (Å²) >= 11 is 0. The van der Waals surface area contributed by atoms with Crippen molar-refractivity contribution in [2.45, 2.75) is 58.1 Å². The Morgan fingerprint density at radius 1 is 1.41 bits per heavy atom. The highest BCUT2D eigenvalue weighted by Gasteiger charge is 2.18. The first-order valence-corrected chi connectivity index (χ1v) is 6.54. The van der Waals surface area contributed by atoms with Crippen molar-refractivity contribution in [3.05, 3.63) is 23.5 Å². The maximum Gasteiger partial charge on any atom is 0.141 e. The normalized spacial score (nSPS) is 18.3. The topological polar surface area (TPSA) is 48.1 Å². The first kappa shape index (κ1) is 12.4. The average Bonchev–Trinajstić information content (AvgIpc) is 2.74. The van der Waals surface area contributed by atoms with Crippen LogP contribution in [0, 0.1) is 6.92 Å². The summed E-state index contributed by atoms with van der Waals surface area (Å²) < 4.78 is 6.04. The van der Waals surface area contributed by atoms with Gasteiger partial charge in [-0.25, -0.2) is 0 Å². The fraction of sp³-hybridized carbons (Fsp3) is 0.643. The quantitative estimate of drug-likeness (QED) is 0.871. The zero-order valence-corrected chi connectivity index (χ0v) is 10.8. The van der Waals surface area contributed by atoms with Gasteiger partial charge in [0.05, 0.1) is 11.8 Å². The average molecular weight is 234 g/mol. The molecule has 1 saturated carbocycles. The van der Waals surface area contributed by atoms with Crippen molar-refractivity contribution in [2.24, 2.45) is 5.73 Å². The molecule has 94 valence electrons. The van der Waals surface area contributed by atoms with Gasteiger partial charge in [-0.05, 0) is 51.7 Å². The predicted molar refractivity (Wildman–Crippen MR) is 69.2 cm³/mol. The predicted octanol–water partition coefficient (Wildman–Crippen LogP) is 2.60. The van der Waals surface area contributed by atoms with Crippen LogP contribution in [0.15, 0.2) is 12.1 Å². The summed E-state index contributed by atoms with van der Waals surface area (Å²) in [5.74, 6) is 0.930. The van der Waals surface area contributed by atoms with Crippen LogP contribution in [0.2, 0.25) is 0 Å². The minimum absolute atomic E-state index is 0.121. The van der Waals surface area contributed by atoms with E-state index in [9.17, 15) is 0 Å². The largest absolute Gasteiger partial charge is 0.489 e. The number of nitrogens with two attached hydrogens (primary N) is 1. The van der Waals surface area contributed by atoms with Gasteiger partial charge in [0, 0.05) is 18.2 Å². The number of rotatable bonds is 4. The summed E-state index contributed by atoms with van der Waals surface area (Å²) in [6, 6.07) is 4.17. The molecule has 0 amide bonds. The van der Waals surface area contributed by atoms with Crippen LogP contribution in [-0.4, -0.2) is 17.1 Å². The van der Waals surface area contributed by atoms with Crippen LogP contribution < -0.4 is 10.5 Å². The molecule has 0 saturated heterocycles. The lowest BCUT2D eigenvalue weighted by Gasteiger charge is -2.17. The fourth-order valence-corrected chi connectivity index (χ4v) is 2.34. The third-order valence-electron chi connectivity index (χ3n) is 3.18. The molecule has 3 nitrogen and oxygen atoms in total. The van der Waals surface area contributed by atoms with Gasteiger partial charge in [-0.3, -0.25) is 4.98 Å². The van der Waals surface area contributed by atoms with Crippen molar-refractivity contribution in [1.82, 2.24) is 4.98 Å². The highest BCUT2D eigenvalue weighted by Crippen LogP contribution is 2.26. The van der Waals surface area contributed by atoms with Gasteiger partial charge in [0.15, 0.2) is 0 Å². The second-order valence-corrected chi connectivity index (χ2v) is 5.10. The van der Waals surface area contributed by atoms with E-state index in [0.29, 0.717) is 6.10 Å². The minimum atomic E-state index is 0.121. The molecule has 1 atom stereocenters. The molecule has 3 heteroatoms. The van der Waals surface area contributed by atoms with Gasteiger partial charge in [-0.2, -0.15) is 0 Å². The maximum atomic E-state index is 6.04. The van der Waals surface area contributed by atoms with Crippen molar-refractivity contribution < 1.29 is 4.74 Å². The number of nitrogens with zero attached hydrogens (tertiary/aromatic N) is 1. The van der Waals surface area contributed by atoms with Crippen molar-refractivity contribution in [2.75, 3.05) is 0 Å². The van der Waals surface area contributed by atoms with Crippen LogP contribution in [0.4, 0.5) is 0 Å². The number of hydrogen-bond donors (Lipinski definition) is 1. The molecule has 0 aromatic carbocycles. The Kier molecular flexibility index (Phi) is 4.00. The first-order chi connectivity index (χ1) is 8.15. The van der Waals surface area contributed by atoms with E-state index in [2.05, 4.69) is 4.98 Å². The lowest BCUT2D eigenvalue weighted by Crippen LogP contribution is -2.20. The van der Waals surface area contributed by atoms with E-state index in [4.69, 9.17) is 10.5 Å². The molecule has 2 N–H and O–H groups in total. The molecule has 0 spiro atoms. The van der Waals surface area contributed by atoms with Gasteiger partial charge in [0.25, 0.3) is 0 Å². The summed E-state index contributed by atoms with van der Waals surface area (Å²) in [5, 5.41) is 0. The Morgan fingerprint density at radius 3 is 2.76 bits per heavy atom. The molecule has 1 aliphatic carbocycles. The number of aryl methyl sites for hydroxylation is 1. The molecule has 0 radical (unpaired) electrons. The Hall–Kier alpha value is -1.09. The van der Waals surface area contributed by atoms with Crippen molar-refractivity contribution >= 4 is 0 Å². The molecule has 1 aliphatic rings. The second kappa shape index (κ2) is 5.50. The van der Waals surface area contributed by atoms with Crippen molar-refractivity contribution in [3.8, 4) is 5.75 Å². The van der Waals surface area contributed by atoms with E-state index >= 15 is 0 Å². The van der Waals surface area contributed by atoms with E-state index < -0.39 is 0 Å². The zero-order valence-electron chi connectivity index (χ0n) is 10.8. The molecule has 1 aromatic heterocycles. The lowest BCUT2D eigenvalue weighted by atomic mass is 10.1.